The van der Waals surface area contributed by atoms with Gasteiger partial charge in [0.05, 0.1) is 37.4 Å². The van der Waals surface area contributed by atoms with E-state index in [4.69, 9.17) is 9.47 Å². The number of aromatic nitrogens is 2. The van der Waals surface area contributed by atoms with Crippen LogP contribution in [0.2, 0.25) is 0 Å². The molecule has 1 fully saturated rings. The first-order valence-electron chi connectivity index (χ1n) is 9.80. The Morgan fingerprint density at radius 2 is 1.93 bits per heavy atom. The first kappa shape index (κ1) is 20.2. The van der Waals surface area contributed by atoms with Gasteiger partial charge in [0.15, 0.2) is 0 Å². The maximum Gasteiger partial charge on any atom is 0.253 e. The smallest absolute Gasteiger partial charge is 0.253 e. The number of amides is 1. The fourth-order valence-corrected chi connectivity index (χ4v) is 3.67. The van der Waals surface area contributed by atoms with E-state index >= 15 is 0 Å². The normalized spacial score (nSPS) is 15.7. The Labute approximate surface area is 173 Å². The number of morpholine rings is 1. The highest BCUT2D eigenvalue weighted by atomic mass is 19.1. The third-order valence-corrected chi connectivity index (χ3v) is 5.23. The minimum Gasteiger partial charge on any atom is -0.497 e. The maximum absolute atomic E-state index is 14.0. The molecule has 1 N–H and O–H groups in total. The maximum atomic E-state index is 14.0. The van der Waals surface area contributed by atoms with Gasteiger partial charge in [-0.05, 0) is 23.8 Å². The van der Waals surface area contributed by atoms with Crippen LogP contribution in [0.1, 0.15) is 22.0 Å². The van der Waals surface area contributed by atoms with Gasteiger partial charge >= 0.3 is 0 Å². The van der Waals surface area contributed by atoms with Crippen LogP contribution in [0.4, 0.5) is 4.39 Å². The average Bonchev–Trinajstić information content (AvgIpc) is 2.79. The summed E-state index contributed by atoms with van der Waals surface area (Å²) in [6, 6.07) is 10.2. The second kappa shape index (κ2) is 9.15. The number of rotatable bonds is 6. The molecule has 0 radical (unpaired) electrons. The molecule has 0 bridgehead atoms. The number of fused-ring (bicyclic) bond motifs is 1. The average molecular weight is 410 g/mol. The van der Waals surface area contributed by atoms with Crippen molar-refractivity contribution in [1.82, 2.24) is 20.2 Å². The van der Waals surface area contributed by atoms with E-state index in [1.54, 1.807) is 7.11 Å². The second-order valence-corrected chi connectivity index (χ2v) is 7.02. The minimum atomic E-state index is -0.520. The van der Waals surface area contributed by atoms with Crippen molar-refractivity contribution in [3.8, 4) is 5.75 Å². The van der Waals surface area contributed by atoms with E-state index in [2.05, 4.69) is 20.2 Å². The molecule has 1 saturated heterocycles. The Kier molecular flexibility index (Phi) is 6.15. The van der Waals surface area contributed by atoms with Gasteiger partial charge in [0.1, 0.15) is 17.1 Å². The molecule has 1 aliphatic rings. The molecule has 0 saturated carbocycles. The van der Waals surface area contributed by atoms with Crippen molar-refractivity contribution in [2.75, 3.05) is 40.0 Å². The lowest BCUT2D eigenvalue weighted by Gasteiger charge is -2.35. The molecule has 2 heterocycles. The fraction of sp³-hybridized carbons (Fsp3) is 0.318. The van der Waals surface area contributed by atoms with Crippen LogP contribution in [0, 0.1) is 5.82 Å². The van der Waals surface area contributed by atoms with Crippen LogP contribution >= 0.6 is 0 Å². The first-order chi connectivity index (χ1) is 14.7. The summed E-state index contributed by atoms with van der Waals surface area (Å²) >= 11 is 0. The van der Waals surface area contributed by atoms with Gasteiger partial charge < -0.3 is 14.8 Å². The molecule has 0 spiro atoms. The van der Waals surface area contributed by atoms with Crippen molar-refractivity contribution in [2.45, 2.75) is 6.04 Å². The van der Waals surface area contributed by atoms with Gasteiger partial charge in [-0.3, -0.25) is 19.7 Å². The van der Waals surface area contributed by atoms with Gasteiger partial charge in [-0.2, -0.15) is 0 Å². The van der Waals surface area contributed by atoms with Gasteiger partial charge in [-0.25, -0.2) is 4.39 Å². The molecule has 1 unspecified atom stereocenters. The highest BCUT2D eigenvalue weighted by molar-refractivity contribution is 6.04. The zero-order valence-electron chi connectivity index (χ0n) is 16.7. The van der Waals surface area contributed by atoms with Gasteiger partial charge in [0, 0.05) is 38.1 Å². The van der Waals surface area contributed by atoms with Crippen LogP contribution in [0.3, 0.4) is 0 Å². The number of nitrogens with one attached hydrogen (secondary N) is 1. The van der Waals surface area contributed by atoms with Crippen molar-refractivity contribution in [1.29, 1.82) is 0 Å². The number of ether oxygens (including phenoxy) is 2. The predicted molar refractivity (Wildman–Crippen MR) is 110 cm³/mol. The molecule has 1 amide bonds. The number of carbonyl (C=O) groups is 1. The Hall–Kier alpha value is -3.10. The molecule has 1 aromatic heterocycles. The number of hydrogen-bond acceptors (Lipinski definition) is 6. The summed E-state index contributed by atoms with van der Waals surface area (Å²) in [4.78, 5) is 23.5. The molecule has 7 nitrogen and oxygen atoms in total. The monoisotopic (exact) mass is 410 g/mol. The Balaban J connectivity index is 1.56. The number of halogens is 1. The standard InChI is InChI=1S/C22H23FN4O3/c1-29-17-4-2-15(3-5-17)20(27-8-10-30-11-9-27)14-26-22(28)18-12-16(23)13-19-21(18)25-7-6-24-19/h2-7,12-13,20H,8-11,14H2,1H3,(H,26,28). The number of carbonyl (C=O) groups excluding carboxylic acids is 1. The molecular weight excluding hydrogens is 387 g/mol. The zero-order chi connectivity index (χ0) is 20.9. The summed E-state index contributed by atoms with van der Waals surface area (Å²) in [5.41, 5.74) is 1.96. The minimum absolute atomic E-state index is 0.0466. The summed E-state index contributed by atoms with van der Waals surface area (Å²) in [6.07, 6.45) is 2.96. The Morgan fingerprint density at radius 1 is 1.20 bits per heavy atom. The third-order valence-electron chi connectivity index (χ3n) is 5.23. The third kappa shape index (κ3) is 4.39. The predicted octanol–water partition coefficient (Wildman–Crippen LogP) is 2.58. The van der Waals surface area contributed by atoms with Gasteiger partial charge in [0.25, 0.3) is 5.91 Å². The van der Waals surface area contributed by atoms with Crippen molar-refractivity contribution >= 4 is 16.9 Å². The van der Waals surface area contributed by atoms with E-state index in [1.165, 1.54) is 24.5 Å². The molecule has 30 heavy (non-hydrogen) atoms. The summed E-state index contributed by atoms with van der Waals surface area (Å²) < 4.78 is 24.7. The Bertz CT molecular complexity index is 1020. The van der Waals surface area contributed by atoms with Crippen molar-refractivity contribution < 1.29 is 18.7 Å². The van der Waals surface area contributed by atoms with E-state index in [9.17, 15) is 9.18 Å². The molecule has 8 heteroatoms. The molecule has 1 aliphatic heterocycles. The summed E-state index contributed by atoms with van der Waals surface area (Å²) in [5.74, 6) is -0.131. The molecule has 0 aliphatic carbocycles. The van der Waals surface area contributed by atoms with Crippen LogP contribution in [-0.4, -0.2) is 60.7 Å². The fourth-order valence-electron chi connectivity index (χ4n) is 3.67. The van der Waals surface area contributed by atoms with Crippen LogP contribution in [0.5, 0.6) is 5.75 Å². The van der Waals surface area contributed by atoms with Gasteiger partial charge in [-0.1, -0.05) is 12.1 Å². The first-order valence-corrected chi connectivity index (χ1v) is 9.80. The van der Waals surface area contributed by atoms with Crippen molar-refractivity contribution in [2.24, 2.45) is 0 Å². The summed E-state index contributed by atoms with van der Waals surface area (Å²) in [5, 5.41) is 2.96. The van der Waals surface area contributed by atoms with E-state index in [0.717, 1.165) is 24.4 Å². The molecule has 1 atom stereocenters. The molecule has 156 valence electrons. The number of benzene rings is 2. The summed E-state index contributed by atoms with van der Waals surface area (Å²) in [6.45, 7) is 3.18. The largest absolute Gasteiger partial charge is 0.497 e. The van der Waals surface area contributed by atoms with Gasteiger partial charge in [0.2, 0.25) is 0 Å². The van der Waals surface area contributed by atoms with Crippen LogP contribution in [-0.2, 0) is 4.74 Å². The lowest BCUT2D eigenvalue weighted by atomic mass is 10.0. The molecular formula is C22H23FN4O3. The van der Waals surface area contributed by atoms with Crippen LogP contribution in [0.15, 0.2) is 48.8 Å². The highest BCUT2D eigenvalue weighted by Gasteiger charge is 2.24. The SMILES string of the molecule is COc1ccc(C(CNC(=O)c2cc(F)cc3nccnc23)N2CCOCC2)cc1. The number of hydrogen-bond donors (Lipinski definition) is 1. The van der Waals surface area contributed by atoms with E-state index in [1.807, 2.05) is 24.3 Å². The van der Waals surface area contributed by atoms with E-state index in [0.29, 0.717) is 30.8 Å². The highest BCUT2D eigenvalue weighted by Crippen LogP contribution is 2.24. The van der Waals surface area contributed by atoms with E-state index in [-0.39, 0.29) is 17.5 Å². The quantitative estimate of drug-likeness (QED) is 0.673. The van der Waals surface area contributed by atoms with Crippen molar-refractivity contribution in [3.63, 3.8) is 0 Å². The van der Waals surface area contributed by atoms with Gasteiger partial charge in [-0.15, -0.1) is 0 Å². The topological polar surface area (TPSA) is 76.6 Å². The second-order valence-electron chi connectivity index (χ2n) is 7.02. The number of methoxy groups -OCH3 is 1. The molecule has 4 rings (SSSR count). The zero-order valence-corrected chi connectivity index (χ0v) is 16.7. The molecule has 2 aromatic carbocycles. The van der Waals surface area contributed by atoms with E-state index < -0.39 is 5.82 Å². The lowest BCUT2D eigenvalue weighted by Crippen LogP contribution is -2.43. The number of nitrogens with zero attached hydrogens (tertiary/aromatic N) is 3. The van der Waals surface area contributed by atoms with Crippen molar-refractivity contribution in [3.05, 3.63) is 65.7 Å². The Morgan fingerprint density at radius 3 is 2.67 bits per heavy atom. The van der Waals surface area contributed by atoms with Crippen LogP contribution in [0.25, 0.3) is 11.0 Å². The van der Waals surface area contributed by atoms with Crippen LogP contribution < -0.4 is 10.1 Å². The summed E-state index contributed by atoms with van der Waals surface area (Å²) in [7, 11) is 1.63. The molecule has 3 aromatic rings. The lowest BCUT2D eigenvalue weighted by molar-refractivity contribution is 0.0162.